The maximum Gasteiger partial charge on any atom is 0.251 e. The zero-order chi connectivity index (χ0) is 12.3. The third kappa shape index (κ3) is 3.12. The van der Waals surface area contributed by atoms with E-state index in [0.717, 1.165) is 12.3 Å². The van der Waals surface area contributed by atoms with Crippen LogP contribution in [0.2, 0.25) is 0 Å². The first-order valence-electron chi connectivity index (χ1n) is 5.96. The number of phenols is 2. The number of carbonyl (C=O) groups is 1. The van der Waals surface area contributed by atoms with Gasteiger partial charge in [-0.3, -0.25) is 4.79 Å². The van der Waals surface area contributed by atoms with E-state index in [-0.39, 0.29) is 23.0 Å². The standard InChI is InChI=1S/C13H17NO3/c15-11-6-10(7-12(16)8-11)13(17)14-5-4-9-2-1-3-9/h6-9,15-16H,1-5H2,(H,14,17). The smallest absolute Gasteiger partial charge is 0.251 e. The topological polar surface area (TPSA) is 69.6 Å². The lowest BCUT2D eigenvalue weighted by Gasteiger charge is -2.25. The number of hydrogen-bond donors (Lipinski definition) is 3. The zero-order valence-electron chi connectivity index (χ0n) is 9.65. The maximum atomic E-state index is 11.7. The molecule has 3 N–H and O–H groups in total. The average Bonchev–Trinajstić information content (AvgIpc) is 2.20. The Hall–Kier alpha value is -1.71. The molecule has 0 saturated heterocycles. The van der Waals surface area contributed by atoms with Gasteiger partial charge in [0.05, 0.1) is 0 Å². The largest absolute Gasteiger partial charge is 0.508 e. The number of rotatable bonds is 4. The Morgan fingerprint density at radius 1 is 1.24 bits per heavy atom. The maximum absolute atomic E-state index is 11.7. The Labute approximate surface area is 100 Å². The molecule has 0 heterocycles. The van der Waals surface area contributed by atoms with Gasteiger partial charge < -0.3 is 15.5 Å². The zero-order valence-corrected chi connectivity index (χ0v) is 9.65. The average molecular weight is 235 g/mol. The summed E-state index contributed by atoms with van der Waals surface area (Å²) >= 11 is 0. The molecule has 0 atom stereocenters. The summed E-state index contributed by atoms with van der Waals surface area (Å²) < 4.78 is 0. The first-order valence-corrected chi connectivity index (χ1v) is 5.96. The molecule has 1 amide bonds. The van der Waals surface area contributed by atoms with Gasteiger partial charge in [0, 0.05) is 18.2 Å². The summed E-state index contributed by atoms with van der Waals surface area (Å²) in [5, 5.41) is 21.3. The molecule has 2 rings (SSSR count). The number of benzene rings is 1. The fourth-order valence-electron chi connectivity index (χ4n) is 2.00. The fraction of sp³-hybridized carbons (Fsp3) is 0.462. The highest BCUT2D eigenvalue weighted by Crippen LogP contribution is 2.28. The molecule has 17 heavy (non-hydrogen) atoms. The molecule has 4 nitrogen and oxygen atoms in total. The van der Waals surface area contributed by atoms with Crippen LogP contribution in [0.15, 0.2) is 18.2 Å². The molecule has 0 aliphatic heterocycles. The van der Waals surface area contributed by atoms with Crippen LogP contribution in [-0.2, 0) is 0 Å². The lowest BCUT2D eigenvalue weighted by Crippen LogP contribution is -2.27. The summed E-state index contributed by atoms with van der Waals surface area (Å²) in [5.74, 6) is 0.298. The molecule has 1 aromatic rings. The van der Waals surface area contributed by atoms with Gasteiger partial charge in [0.15, 0.2) is 0 Å². The molecule has 1 aromatic carbocycles. The molecule has 4 heteroatoms. The van der Waals surface area contributed by atoms with Crippen LogP contribution in [0.25, 0.3) is 0 Å². The van der Waals surface area contributed by atoms with E-state index in [1.54, 1.807) is 0 Å². The number of carbonyl (C=O) groups excluding carboxylic acids is 1. The molecule has 0 aromatic heterocycles. The van der Waals surface area contributed by atoms with Crippen molar-refractivity contribution in [3.05, 3.63) is 23.8 Å². The van der Waals surface area contributed by atoms with Gasteiger partial charge in [-0.25, -0.2) is 0 Å². The van der Waals surface area contributed by atoms with Crippen LogP contribution < -0.4 is 5.32 Å². The third-order valence-electron chi connectivity index (χ3n) is 3.23. The first kappa shape index (κ1) is 11.8. The van der Waals surface area contributed by atoms with Gasteiger partial charge in [-0.15, -0.1) is 0 Å². The van der Waals surface area contributed by atoms with Crippen molar-refractivity contribution in [3.8, 4) is 11.5 Å². The Kier molecular flexibility index (Phi) is 3.52. The number of amides is 1. The van der Waals surface area contributed by atoms with Crippen molar-refractivity contribution in [2.45, 2.75) is 25.7 Å². The van der Waals surface area contributed by atoms with E-state index in [2.05, 4.69) is 5.32 Å². The Balaban J connectivity index is 1.85. The Bertz CT molecular complexity index is 393. The van der Waals surface area contributed by atoms with Crippen molar-refractivity contribution in [1.82, 2.24) is 5.32 Å². The van der Waals surface area contributed by atoms with Gasteiger partial charge in [0.1, 0.15) is 11.5 Å². The molecule has 1 saturated carbocycles. The minimum absolute atomic E-state index is 0.103. The van der Waals surface area contributed by atoms with Crippen LogP contribution in [0.1, 0.15) is 36.0 Å². The van der Waals surface area contributed by atoms with Crippen LogP contribution in [0, 0.1) is 5.92 Å². The van der Waals surface area contributed by atoms with E-state index in [9.17, 15) is 15.0 Å². The van der Waals surface area contributed by atoms with Gasteiger partial charge in [-0.05, 0) is 24.5 Å². The lowest BCUT2D eigenvalue weighted by atomic mass is 9.83. The van der Waals surface area contributed by atoms with Gasteiger partial charge in [0.2, 0.25) is 0 Å². The fourth-order valence-corrected chi connectivity index (χ4v) is 2.00. The minimum atomic E-state index is -0.254. The van der Waals surface area contributed by atoms with Crippen molar-refractivity contribution < 1.29 is 15.0 Å². The van der Waals surface area contributed by atoms with E-state index >= 15 is 0 Å². The molecular formula is C13H17NO3. The second kappa shape index (κ2) is 5.08. The van der Waals surface area contributed by atoms with Crippen LogP contribution in [0.3, 0.4) is 0 Å². The number of phenolic OH excluding ortho intramolecular Hbond substituents is 2. The highest BCUT2D eigenvalue weighted by molar-refractivity contribution is 5.95. The Morgan fingerprint density at radius 3 is 2.41 bits per heavy atom. The number of hydrogen-bond acceptors (Lipinski definition) is 3. The van der Waals surface area contributed by atoms with Crippen LogP contribution in [0.4, 0.5) is 0 Å². The summed E-state index contributed by atoms with van der Waals surface area (Å²) in [6, 6.07) is 3.89. The highest BCUT2D eigenvalue weighted by atomic mass is 16.3. The van der Waals surface area contributed by atoms with Gasteiger partial charge >= 0.3 is 0 Å². The summed E-state index contributed by atoms with van der Waals surface area (Å²) in [7, 11) is 0. The molecular weight excluding hydrogens is 218 g/mol. The molecule has 1 aliphatic carbocycles. The highest BCUT2D eigenvalue weighted by Gasteiger charge is 2.17. The van der Waals surface area contributed by atoms with Gasteiger partial charge in [0.25, 0.3) is 5.91 Å². The summed E-state index contributed by atoms with van der Waals surface area (Å²) in [5.41, 5.74) is 0.288. The van der Waals surface area contributed by atoms with E-state index in [1.807, 2.05) is 0 Å². The Morgan fingerprint density at radius 2 is 1.88 bits per heavy atom. The number of nitrogens with one attached hydrogen (secondary N) is 1. The molecule has 0 unspecified atom stereocenters. The molecule has 1 aliphatic rings. The van der Waals surface area contributed by atoms with Crippen LogP contribution >= 0.6 is 0 Å². The van der Waals surface area contributed by atoms with Gasteiger partial charge in [-0.1, -0.05) is 19.3 Å². The van der Waals surface area contributed by atoms with E-state index in [0.29, 0.717) is 6.54 Å². The van der Waals surface area contributed by atoms with Crippen molar-refractivity contribution >= 4 is 5.91 Å². The molecule has 0 bridgehead atoms. The van der Waals surface area contributed by atoms with E-state index < -0.39 is 0 Å². The van der Waals surface area contributed by atoms with E-state index in [1.165, 1.54) is 37.5 Å². The molecule has 92 valence electrons. The molecule has 1 fully saturated rings. The van der Waals surface area contributed by atoms with Crippen LogP contribution in [-0.4, -0.2) is 22.7 Å². The van der Waals surface area contributed by atoms with Crippen molar-refractivity contribution in [2.24, 2.45) is 5.92 Å². The summed E-state index contributed by atoms with van der Waals surface area (Å²) in [4.78, 5) is 11.7. The molecule has 0 radical (unpaired) electrons. The monoisotopic (exact) mass is 235 g/mol. The number of aromatic hydroxyl groups is 2. The normalized spacial score (nSPS) is 15.3. The first-order chi connectivity index (χ1) is 8.15. The third-order valence-corrected chi connectivity index (χ3v) is 3.23. The van der Waals surface area contributed by atoms with E-state index in [4.69, 9.17) is 0 Å². The second-order valence-electron chi connectivity index (χ2n) is 4.58. The van der Waals surface area contributed by atoms with Crippen molar-refractivity contribution in [3.63, 3.8) is 0 Å². The quantitative estimate of drug-likeness (QED) is 0.747. The predicted octanol–water partition coefficient (Wildman–Crippen LogP) is 2.02. The van der Waals surface area contributed by atoms with Crippen LogP contribution in [0.5, 0.6) is 11.5 Å². The minimum Gasteiger partial charge on any atom is -0.508 e. The predicted molar refractivity (Wildman–Crippen MR) is 64.1 cm³/mol. The lowest BCUT2D eigenvalue weighted by molar-refractivity contribution is 0.0948. The summed E-state index contributed by atoms with van der Waals surface area (Å²) in [6.07, 6.45) is 4.85. The van der Waals surface area contributed by atoms with Crippen molar-refractivity contribution in [2.75, 3.05) is 6.54 Å². The SMILES string of the molecule is O=C(NCCC1CCC1)c1cc(O)cc(O)c1. The van der Waals surface area contributed by atoms with Crippen molar-refractivity contribution in [1.29, 1.82) is 0 Å². The van der Waals surface area contributed by atoms with Gasteiger partial charge in [-0.2, -0.15) is 0 Å². The summed E-state index contributed by atoms with van der Waals surface area (Å²) in [6.45, 7) is 0.653. The second-order valence-corrected chi connectivity index (χ2v) is 4.58. The molecule has 0 spiro atoms.